The van der Waals surface area contributed by atoms with Crippen molar-refractivity contribution < 1.29 is 9.84 Å². The summed E-state index contributed by atoms with van der Waals surface area (Å²) >= 11 is 0. The van der Waals surface area contributed by atoms with E-state index in [0.717, 1.165) is 24.0 Å². The van der Waals surface area contributed by atoms with Gasteiger partial charge in [-0.15, -0.1) is 0 Å². The van der Waals surface area contributed by atoms with E-state index in [9.17, 15) is 5.11 Å². The van der Waals surface area contributed by atoms with E-state index in [-0.39, 0.29) is 25.3 Å². The fourth-order valence-corrected chi connectivity index (χ4v) is 2.29. The summed E-state index contributed by atoms with van der Waals surface area (Å²) in [6.45, 7) is 0.0426. The number of ether oxygens (including phenoxy) is 1. The van der Waals surface area contributed by atoms with Crippen molar-refractivity contribution in [2.45, 2.75) is 18.9 Å². The number of imidazole rings is 1. The van der Waals surface area contributed by atoms with Crippen molar-refractivity contribution in [3.8, 4) is 6.01 Å². The van der Waals surface area contributed by atoms with Crippen LogP contribution in [0.4, 0.5) is 0 Å². The van der Waals surface area contributed by atoms with Crippen LogP contribution in [0.15, 0.2) is 12.5 Å². The molecule has 0 unspecified atom stereocenters. The molecule has 1 aliphatic carbocycles. The van der Waals surface area contributed by atoms with Crippen LogP contribution in [0.25, 0.3) is 11.2 Å². The first kappa shape index (κ1) is 11.4. The zero-order valence-electron chi connectivity index (χ0n) is 9.82. The Bertz CT molecular complexity index is 549. The van der Waals surface area contributed by atoms with Crippen LogP contribution in [-0.4, -0.2) is 32.9 Å². The summed E-state index contributed by atoms with van der Waals surface area (Å²) in [6.07, 6.45) is 5.16. The quantitative estimate of drug-likeness (QED) is 0.794. The highest BCUT2D eigenvalue weighted by molar-refractivity contribution is 5.69. The molecule has 0 amide bonds. The summed E-state index contributed by atoms with van der Waals surface area (Å²) in [7, 11) is 0. The van der Waals surface area contributed by atoms with Crippen molar-refractivity contribution in [3.63, 3.8) is 0 Å². The maximum Gasteiger partial charge on any atom is 0.319 e. The third-order valence-corrected chi connectivity index (χ3v) is 3.35. The molecule has 95 valence electrons. The van der Waals surface area contributed by atoms with Crippen LogP contribution in [0, 0.1) is 5.92 Å². The van der Waals surface area contributed by atoms with Crippen LogP contribution >= 0.6 is 0 Å². The smallest absolute Gasteiger partial charge is 0.319 e. The second-order valence-electron chi connectivity index (χ2n) is 4.48. The lowest BCUT2D eigenvalue weighted by Crippen LogP contribution is -2.28. The van der Waals surface area contributed by atoms with Gasteiger partial charge in [-0.3, -0.25) is 5.73 Å². The van der Waals surface area contributed by atoms with Crippen molar-refractivity contribution in [3.05, 3.63) is 12.5 Å². The summed E-state index contributed by atoms with van der Waals surface area (Å²) in [4.78, 5) is 12.5. The molecule has 0 bridgehead atoms. The van der Waals surface area contributed by atoms with Crippen molar-refractivity contribution >= 4 is 11.2 Å². The van der Waals surface area contributed by atoms with Gasteiger partial charge in [0, 0.05) is 6.04 Å². The third-order valence-electron chi connectivity index (χ3n) is 3.35. The number of hydrogen-bond donors (Lipinski definition) is 1. The van der Waals surface area contributed by atoms with Gasteiger partial charge in [0.05, 0.1) is 19.1 Å². The second kappa shape index (κ2) is 4.51. The summed E-state index contributed by atoms with van der Waals surface area (Å²) in [5.41, 5.74) is 6.76. The molecule has 0 aliphatic heterocycles. The molecule has 0 atom stereocenters. The van der Waals surface area contributed by atoms with E-state index >= 15 is 0 Å². The summed E-state index contributed by atoms with van der Waals surface area (Å²) in [5.74, 6) is 0.286. The van der Waals surface area contributed by atoms with Gasteiger partial charge in [-0.1, -0.05) is 0 Å². The normalized spacial score (nSPS) is 23.0. The van der Waals surface area contributed by atoms with Crippen LogP contribution in [0.1, 0.15) is 18.9 Å². The molecule has 1 fully saturated rings. The summed E-state index contributed by atoms with van der Waals surface area (Å²) in [6, 6.07) is 0.570. The summed E-state index contributed by atoms with van der Waals surface area (Å²) in [5, 5.41) is 10.7. The minimum Gasteiger partial charge on any atom is -0.448 e. The fourth-order valence-electron chi connectivity index (χ4n) is 2.29. The highest BCUT2D eigenvalue weighted by atomic mass is 16.5. The number of nitrogens with two attached hydrogens (primary N) is 1. The molecule has 2 heterocycles. The van der Waals surface area contributed by atoms with Gasteiger partial charge in [-0.05, 0) is 18.8 Å². The average molecular weight is 248 g/mol. The molecule has 1 radical (unpaired) electrons. The molecule has 1 aliphatic rings. The fraction of sp³-hybridized carbons (Fsp3) is 0.545. The van der Waals surface area contributed by atoms with Crippen molar-refractivity contribution in [2.75, 3.05) is 13.3 Å². The van der Waals surface area contributed by atoms with E-state index in [1.54, 1.807) is 12.5 Å². The van der Waals surface area contributed by atoms with Crippen molar-refractivity contribution in [1.82, 2.24) is 19.5 Å². The monoisotopic (exact) mass is 248 g/mol. The van der Waals surface area contributed by atoms with E-state index < -0.39 is 0 Å². The number of aromatic nitrogens is 4. The van der Waals surface area contributed by atoms with Crippen LogP contribution in [0.5, 0.6) is 6.01 Å². The van der Waals surface area contributed by atoms with Gasteiger partial charge in [-0.25, -0.2) is 15.1 Å². The molecule has 0 saturated heterocycles. The number of hydrogen-bond acceptors (Lipinski definition) is 5. The van der Waals surface area contributed by atoms with Gasteiger partial charge >= 0.3 is 6.01 Å². The molecular weight excluding hydrogens is 234 g/mol. The lowest BCUT2D eigenvalue weighted by atomic mass is 9.81. The van der Waals surface area contributed by atoms with Crippen molar-refractivity contribution in [2.24, 2.45) is 11.7 Å². The highest BCUT2D eigenvalue weighted by Crippen LogP contribution is 2.38. The predicted octanol–water partition coefficient (Wildman–Crippen LogP) is 0.503. The first-order valence-corrected chi connectivity index (χ1v) is 5.92. The second-order valence-corrected chi connectivity index (χ2v) is 4.48. The molecule has 7 heteroatoms. The molecule has 0 spiro atoms. The van der Waals surface area contributed by atoms with E-state index in [1.807, 2.05) is 4.57 Å². The van der Waals surface area contributed by atoms with E-state index in [1.165, 1.54) is 0 Å². The first-order chi connectivity index (χ1) is 8.81. The maximum absolute atomic E-state index is 10.7. The number of rotatable bonds is 4. The Morgan fingerprint density at radius 3 is 3.00 bits per heavy atom. The molecule has 0 aromatic carbocycles. The van der Waals surface area contributed by atoms with Crippen LogP contribution in [0.2, 0.25) is 0 Å². The Morgan fingerprint density at radius 2 is 2.28 bits per heavy atom. The Kier molecular flexibility index (Phi) is 2.85. The van der Waals surface area contributed by atoms with E-state index in [4.69, 9.17) is 10.5 Å². The van der Waals surface area contributed by atoms with E-state index in [2.05, 4.69) is 15.0 Å². The Balaban J connectivity index is 1.90. The van der Waals surface area contributed by atoms with Gasteiger partial charge in [-0.2, -0.15) is 4.98 Å². The molecule has 7 nitrogen and oxygen atoms in total. The Hall–Kier alpha value is -1.73. The van der Waals surface area contributed by atoms with Gasteiger partial charge in [0.25, 0.3) is 0 Å². The van der Waals surface area contributed by atoms with Gasteiger partial charge in [0.2, 0.25) is 0 Å². The minimum absolute atomic E-state index is 0.000349. The van der Waals surface area contributed by atoms with Gasteiger partial charge in [0.1, 0.15) is 12.2 Å². The number of nitrogens with zero attached hydrogens (tertiary/aromatic N) is 4. The number of fused-ring (bicyclic) bond motifs is 1. The maximum atomic E-state index is 10.7. The molecular formula is C11H14N5O2. The Morgan fingerprint density at radius 1 is 1.44 bits per heavy atom. The zero-order valence-corrected chi connectivity index (χ0v) is 9.82. The van der Waals surface area contributed by atoms with Crippen LogP contribution in [0.3, 0.4) is 0 Å². The van der Waals surface area contributed by atoms with E-state index in [0.29, 0.717) is 6.04 Å². The molecule has 1 saturated carbocycles. The van der Waals surface area contributed by atoms with Crippen LogP contribution in [-0.2, 0) is 5.11 Å². The van der Waals surface area contributed by atoms with Gasteiger partial charge < -0.3 is 9.30 Å². The Labute approximate surface area is 104 Å². The molecule has 2 aromatic heterocycles. The molecule has 3 rings (SSSR count). The standard InChI is InChI=1S/C11H14N5O2/c12-5-18-11-13-3-9-10(15-11)16(6-14-9)8-1-7(2-8)4-17/h3,6-8H,1-2,4-5,12H2. The largest absolute Gasteiger partial charge is 0.448 e. The minimum atomic E-state index is -0.000349. The van der Waals surface area contributed by atoms with Crippen molar-refractivity contribution in [1.29, 1.82) is 0 Å². The topological polar surface area (TPSA) is 98.8 Å². The lowest BCUT2D eigenvalue weighted by molar-refractivity contribution is 0.0694. The molecule has 2 aromatic rings. The highest BCUT2D eigenvalue weighted by Gasteiger charge is 2.31. The third kappa shape index (κ3) is 1.81. The van der Waals surface area contributed by atoms with Crippen LogP contribution < -0.4 is 10.5 Å². The lowest BCUT2D eigenvalue weighted by Gasteiger charge is -2.34. The van der Waals surface area contributed by atoms with Gasteiger partial charge in [0.15, 0.2) is 5.65 Å². The molecule has 2 N–H and O–H groups in total. The SMILES string of the molecule is NCOc1ncc2ncn(C3CC(C[O])C3)c2n1. The average Bonchev–Trinajstić information content (AvgIpc) is 2.72. The molecule has 18 heavy (non-hydrogen) atoms. The zero-order chi connectivity index (χ0) is 12.5. The predicted molar refractivity (Wildman–Crippen MR) is 62.3 cm³/mol. The first-order valence-electron chi connectivity index (χ1n) is 5.92. The summed E-state index contributed by atoms with van der Waals surface area (Å²) < 4.78 is 7.07.